The Morgan fingerprint density at radius 2 is 0.243 bits per heavy atom. The maximum Gasteiger partial charge on any atom is -0.0000131 e. The fourth-order valence-corrected chi connectivity index (χ4v) is 164. The van der Waals surface area contributed by atoms with E-state index < -0.39 is 0 Å². The molecule has 0 N–H and O–H groups in total. The monoisotopic (exact) mass is 1710 g/mol. The molecule has 0 nitrogen and oxygen atoms in total. The molecular formula is C136H82. The SMILES string of the molecule is CC1C2C3C4C5C6CC7C8C9C%10C%11C%12C%13C%14C%15C%16C%17C%18C%19C%20C%21CC%22C%23C%24C%25C%26C(C)C%27(C)C%28(C)C%29(C)C%30(C)C%31(C)C%32(C)C%33(C)C%34(C)C%35(C)C%36(C)C%37(C)C%38(C)C%39(C)C%40(C)C1(C)C21C32C43C54C67C85C96C%107C%118C%129C%13%10C%14%11C%15%12C%16%13C%17%14C%18%15C%19%16C%20%17C%22%21C%23%18C%24%19C%25%20C%26%27C%28%21C%29%22C%30%23C%31%24C%32%25C%33%26C%34%27C%35%28C%36%29C%37%30C%38%31C%39%32C%401C21C32C45C63C74C85C96C%107C%118C%129C%13%10C%14%11C%15%12C%16%13C%18%17C%19%14C%20%21C%22%15C%14%13C%12%13C%23%15C%24%12C%25%14C%26%15C%27%16C%28%17C%29%18C%30%19C%31%20C%321C23C4%20C5%19C6%18C7%17C8%16C9%15C%10%14C%11%12%13. The molecule has 0 bridgehead atoms. The van der Waals surface area contributed by atoms with E-state index in [4.69, 9.17) is 0 Å². The molecule has 96 aliphatic carbocycles. The van der Waals surface area contributed by atoms with Crippen molar-refractivity contribution in [1.82, 2.24) is 0 Å². The van der Waals surface area contributed by atoms with E-state index in [0.717, 1.165) is 418 Å². The highest BCUT2D eigenvalue weighted by Crippen LogP contribution is 3.99. The highest BCUT2D eigenvalue weighted by molar-refractivity contribution is 7.02. The molecule has 0 aliphatic heterocycles. The molecule has 626 valence electrons. The molecule has 0 aromatic heterocycles. The minimum Gasteiger partial charge on any atom is -0.0616 e. The summed E-state index contributed by atoms with van der Waals surface area (Å²) < 4.78 is 0. The van der Waals surface area contributed by atoms with E-state index in [-0.39, 0.29) is 0 Å². The first-order valence-electron chi connectivity index (χ1n) is 65.8. The van der Waals surface area contributed by atoms with Gasteiger partial charge in [0, 0.05) is 0 Å². The highest BCUT2D eigenvalue weighted by atomic mass is 15.9. The zero-order valence-corrected chi connectivity index (χ0v) is 79.0. The van der Waals surface area contributed by atoms with Crippen molar-refractivity contribution in [1.29, 1.82) is 0 Å². The van der Waals surface area contributed by atoms with Gasteiger partial charge in [0.1, 0.15) is 0 Å². The van der Waals surface area contributed by atoms with Crippen LogP contribution < -0.4 is 0 Å². The van der Waals surface area contributed by atoms with Crippen LogP contribution in [0.1, 0.15) is 131 Å². The van der Waals surface area contributed by atoms with Crippen LogP contribution in [0, 0.1) is 647 Å². The van der Waals surface area contributed by atoms with Crippen molar-refractivity contribution in [2.45, 2.75) is 131 Å². The minimum absolute atomic E-state index is 0.590. The third-order valence-electron chi connectivity index (χ3n) is 126. The Labute approximate surface area is 771 Å². The molecule has 75 spiro atoms. The van der Waals surface area contributed by atoms with Gasteiger partial charge < -0.3 is 0 Å². The van der Waals surface area contributed by atoms with Crippen LogP contribution in [-0.4, -0.2) is 0 Å². The molecule has 96 saturated carbocycles. The van der Waals surface area contributed by atoms with Crippen LogP contribution in [0.2, 0.25) is 0 Å². The first-order valence-corrected chi connectivity index (χ1v) is 65.8. The Kier molecular flexibility index (Phi) is 2.13. The first-order chi connectivity index (χ1) is 65.8. The predicted octanol–water partition coefficient (Wildman–Crippen LogP) is 16.7. The quantitative estimate of drug-likeness (QED) is 0.227. The Hall–Kier alpha value is 0. The lowest BCUT2D eigenvalue weighted by Gasteiger charge is -3.83. The third-order valence-corrected chi connectivity index (χ3v) is 126. The zero-order valence-electron chi connectivity index (χ0n) is 79.0. The standard InChI is InChI=1S/C136H82/c1-20-26-32-34-28-22-18-24-30-36-38-40-42-44-46-45-43-41-39-37-31-25-19-23-29-35-33-27-21(2)48(4)50(6)52(8)54(10)56(12)58(14)60(16)61(17)59(15)57(13)55(11)53(9)51(7)49(5)47(20,3)64(26)70(32)72(34)66(28)62(22,24)68(30)74(36)76(38)78(40)80(42)82(44)84(46)83(45)81(43)79(41)77(39)75(37)69(31)63(23,25)67(29)73(35)71(33)65(27,48)86(50)88(52)90(54)92(56)94(58)96(60)97(61)95(59)93(57)91(55)89(53)87(51)85(49,64)100(70)102(72)98(66,68)104(74)106(76)108(78)110(80)112(82)114(84)113(83)111(81)109(79)107(77)105(75)99(67,69)103(73)101(71,86)116(88)118(90)120(92)122(94)124(96)125(97)123(95)121(93)119(91)117(89)115(87,100)126(102,104)128(106,117)130(108,119)132(110,121)134(112,123)136(114,125)135(113,124)133(111,122)131(109,120)129(107,118)127(103,105)116/h20-46H,18-19H2,1-17H3. The van der Waals surface area contributed by atoms with E-state index in [1.807, 2.05) is 12.8 Å². The maximum absolute atomic E-state index is 3.81. The number of hydrogen-bond donors (Lipinski definition) is 0. The molecule has 0 amide bonds. The topological polar surface area (TPSA) is 0 Å². The number of rotatable bonds is 0. The van der Waals surface area contributed by atoms with Crippen LogP contribution in [0.15, 0.2) is 0 Å². The van der Waals surface area contributed by atoms with Crippen LogP contribution in [0.4, 0.5) is 0 Å². The molecule has 96 fully saturated rings. The lowest BCUT2D eigenvalue weighted by Crippen LogP contribution is -3.77. The summed E-state index contributed by atoms with van der Waals surface area (Å²) in [7, 11) is 0. The van der Waals surface area contributed by atoms with Crippen molar-refractivity contribution in [2.75, 3.05) is 0 Å². The normalized spacial score (nSPS) is 149. The first kappa shape index (κ1) is 46.4. The van der Waals surface area contributed by atoms with Gasteiger partial charge in [0.05, 0.1) is 0 Å². The average Bonchev–Trinajstić information content (AvgIpc) is 0.391. The van der Waals surface area contributed by atoms with Crippen molar-refractivity contribution in [3.63, 3.8) is 0 Å². The van der Waals surface area contributed by atoms with E-state index in [1.165, 1.54) is 148 Å². The summed E-state index contributed by atoms with van der Waals surface area (Å²) in [4.78, 5) is 0. The molecule has 110 atom stereocenters. The van der Waals surface area contributed by atoms with E-state index in [0.29, 0.717) is 81.2 Å². The number of hydrogen-bond acceptors (Lipinski definition) is 0. The number of fused-ring (bicyclic) bond motifs is 36. The minimum atomic E-state index is 0.590. The van der Waals surface area contributed by atoms with Gasteiger partial charge in [0.2, 0.25) is 0 Å². The second-order valence-electron chi connectivity index (χ2n) is 90.3. The summed E-state index contributed by atoms with van der Waals surface area (Å²) in [6.45, 7) is 61.7. The molecule has 96 rings (SSSR count). The summed E-state index contributed by atoms with van der Waals surface area (Å²) in [6, 6.07) is 0. The smallest absolute Gasteiger partial charge is 0.0000131 e. The van der Waals surface area contributed by atoms with Gasteiger partial charge in [0.15, 0.2) is 0 Å². The van der Waals surface area contributed by atoms with Crippen molar-refractivity contribution >= 4 is 0 Å². The molecule has 0 aromatic rings. The molecular weight excluding hydrogens is 1630 g/mol. The largest absolute Gasteiger partial charge is 0.0616 e. The lowest BCUT2D eigenvalue weighted by molar-refractivity contribution is -0.994. The molecule has 0 heteroatoms. The Morgan fingerprint density at radius 1 is 0.110 bits per heavy atom. The van der Waals surface area contributed by atoms with Gasteiger partial charge in [-0.25, -0.2) is 0 Å². The molecule has 0 radical (unpaired) electrons. The van der Waals surface area contributed by atoms with E-state index in [1.54, 1.807) is 0 Å². The van der Waals surface area contributed by atoms with E-state index in [2.05, 4.69) is 118 Å². The van der Waals surface area contributed by atoms with Gasteiger partial charge in [-0.1, -0.05) is 118 Å². The fourth-order valence-electron chi connectivity index (χ4n) is 164. The molecule has 0 aromatic carbocycles. The second-order valence-corrected chi connectivity index (χ2v) is 90.3. The fraction of sp³-hybridized carbons (Fsp3) is 1.00. The third kappa shape index (κ3) is 0.823. The van der Waals surface area contributed by atoms with Gasteiger partial charge in [-0.05, 0) is 660 Å². The average molecular weight is 1720 g/mol. The molecule has 96 aliphatic rings. The highest BCUT2D eigenvalue weighted by Gasteiger charge is 3.92. The zero-order chi connectivity index (χ0) is 79.0. The van der Waals surface area contributed by atoms with Gasteiger partial charge in [0.25, 0.3) is 0 Å². The maximum atomic E-state index is 3.81. The van der Waals surface area contributed by atoms with Crippen LogP contribution >= 0.6 is 0 Å². The Bertz CT molecular complexity index is 10400. The predicted molar refractivity (Wildman–Crippen MR) is 458 cm³/mol. The van der Waals surface area contributed by atoms with Crippen molar-refractivity contribution < 1.29 is 0 Å². The van der Waals surface area contributed by atoms with E-state index in [9.17, 15) is 0 Å². The van der Waals surface area contributed by atoms with Gasteiger partial charge in [-0.3, -0.25) is 0 Å². The summed E-state index contributed by atoms with van der Waals surface area (Å²) in [5.41, 5.74) is 83.4. The van der Waals surface area contributed by atoms with Crippen molar-refractivity contribution in [3.05, 3.63) is 260 Å². The second kappa shape index (κ2) is 6.25. The Morgan fingerprint density at radius 3 is 0.456 bits per heavy atom. The Balaban J connectivity index is 0.513. The molecule has 0 heterocycles. The summed E-state index contributed by atoms with van der Waals surface area (Å²) in [6.07, 6.45) is 3.81. The van der Waals surface area contributed by atoms with E-state index >= 15 is 0 Å². The van der Waals surface area contributed by atoms with Crippen molar-refractivity contribution in [2.24, 2.45) is 387 Å². The van der Waals surface area contributed by atoms with Crippen LogP contribution in [0.5, 0.6) is 0 Å². The summed E-state index contributed by atoms with van der Waals surface area (Å²) in [5.74, 6) is 36.6. The van der Waals surface area contributed by atoms with Crippen LogP contribution in [-0.2, 0) is 0 Å². The summed E-state index contributed by atoms with van der Waals surface area (Å²) in [5, 5.41) is 0. The molecule has 136 heavy (non-hydrogen) atoms. The van der Waals surface area contributed by atoms with Crippen LogP contribution in [0.3, 0.4) is 0 Å². The van der Waals surface area contributed by atoms with Crippen LogP contribution in [0.25, 0.3) is 0 Å². The van der Waals surface area contributed by atoms with Crippen molar-refractivity contribution in [3.8, 4) is 0 Å². The lowest BCUT2D eigenvalue weighted by atomic mass is 8.18. The summed E-state index contributed by atoms with van der Waals surface area (Å²) >= 11 is 0. The molecule has 110 unspecified atom stereocenters. The van der Waals surface area contributed by atoms with Gasteiger partial charge in [-0.2, -0.15) is 0 Å². The van der Waals surface area contributed by atoms with Gasteiger partial charge >= 0.3 is 0 Å². The molecule has 0 saturated heterocycles. The van der Waals surface area contributed by atoms with Gasteiger partial charge in [-0.15, -0.1) is 0 Å².